The van der Waals surface area contributed by atoms with Gasteiger partial charge in [0.15, 0.2) is 12.2 Å². The first-order valence-corrected chi connectivity index (χ1v) is 12.4. The van der Waals surface area contributed by atoms with E-state index in [2.05, 4.69) is 15.9 Å². The molecule has 0 bridgehead atoms. The fourth-order valence-electron chi connectivity index (χ4n) is 4.27. The number of rotatable bonds is 8. The van der Waals surface area contributed by atoms with Crippen molar-refractivity contribution in [3.63, 3.8) is 0 Å². The molecule has 2 aromatic carbocycles. The second-order valence-electron chi connectivity index (χ2n) is 9.28. The monoisotopic (exact) mass is 519 g/mol. The highest BCUT2D eigenvalue weighted by Gasteiger charge is 2.50. The SMILES string of the molecule is Cc1ccc(NC(=O)CC2C(=O)N(C3CC3)C(=S)N2Cc2c(NC(=O)c3ccccc3)on[n+]2C)cc1. The Labute approximate surface area is 219 Å². The first-order chi connectivity index (χ1) is 17.8. The fourth-order valence-corrected chi connectivity index (χ4v) is 4.71. The first kappa shape index (κ1) is 24.6. The van der Waals surface area contributed by atoms with Crippen molar-refractivity contribution in [3.8, 4) is 0 Å². The lowest BCUT2D eigenvalue weighted by atomic mass is 10.1. The molecule has 0 radical (unpaired) electrons. The van der Waals surface area contributed by atoms with E-state index in [1.807, 2.05) is 37.3 Å². The second-order valence-corrected chi connectivity index (χ2v) is 9.64. The van der Waals surface area contributed by atoms with Crippen molar-refractivity contribution in [1.82, 2.24) is 15.1 Å². The first-order valence-electron chi connectivity index (χ1n) is 12.0. The number of nitrogens with zero attached hydrogens (tertiary/aromatic N) is 4. The number of amides is 3. The number of nitrogens with one attached hydrogen (secondary N) is 2. The Balaban J connectivity index is 1.36. The summed E-state index contributed by atoms with van der Waals surface area (Å²) in [5, 5.41) is 9.92. The minimum absolute atomic E-state index is 0.0566. The predicted molar refractivity (Wildman–Crippen MR) is 138 cm³/mol. The van der Waals surface area contributed by atoms with E-state index in [4.69, 9.17) is 16.7 Å². The van der Waals surface area contributed by atoms with Crippen LogP contribution in [-0.4, -0.2) is 50.0 Å². The Morgan fingerprint density at radius 2 is 1.81 bits per heavy atom. The molecule has 2 fully saturated rings. The molecule has 1 aromatic heterocycles. The minimum Gasteiger partial charge on any atom is -0.326 e. The largest absolute Gasteiger partial charge is 0.326 e. The van der Waals surface area contributed by atoms with Gasteiger partial charge < -0.3 is 10.2 Å². The third-order valence-electron chi connectivity index (χ3n) is 6.47. The van der Waals surface area contributed by atoms with Crippen LogP contribution in [0.15, 0.2) is 59.1 Å². The summed E-state index contributed by atoms with van der Waals surface area (Å²) in [6.07, 6.45) is 1.68. The van der Waals surface area contributed by atoms with Crippen LogP contribution >= 0.6 is 12.2 Å². The van der Waals surface area contributed by atoms with E-state index in [1.165, 1.54) is 4.68 Å². The molecule has 190 valence electrons. The molecule has 0 spiro atoms. The van der Waals surface area contributed by atoms with E-state index in [-0.39, 0.29) is 42.6 Å². The van der Waals surface area contributed by atoms with Crippen LogP contribution in [0.1, 0.15) is 40.9 Å². The van der Waals surface area contributed by atoms with E-state index in [9.17, 15) is 14.4 Å². The summed E-state index contributed by atoms with van der Waals surface area (Å²) in [6, 6.07) is 15.5. The van der Waals surface area contributed by atoms with E-state index in [0.29, 0.717) is 22.1 Å². The molecule has 1 aliphatic heterocycles. The van der Waals surface area contributed by atoms with Crippen molar-refractivity contribution in [2.24, 2.45) is 7.05 Å². The number of aryl methyl sites for hydroxylation is 2. The average molecular weight is 520 g/mol. The molecule has 37 heavy (non-hydrogen) atoms. The van der Waals surface area contributed by atoms with Crippen molar-refractivity contribution in [3.05, 3.63) is 71.4 Å². The quantitative estimate of drug-likeness (QED) is 0.348. The van der Waals surface area contributed by atoms with Gasteiger partial charge in [-0.2, -0.15) is 0 Å². The summed E-state index contributed by atoms with van der Waals surface area (Å²) in [5.74, 6) is -0.688. The summed E-state index contributed by atoms with van der Waals surface area (Å²) >= 11 is 5.70. The third-order valence-corrected chi connectivity index (χ3v) is 6.90. The number of thiocarbonyl (C=S) groups is 1. The van der Waals surface area contributed by atoms with Crippen LogP contribution in [0.4, 0.5) is 11.6 Å². The van der Waals surface area contributed by atoms with Gasteiger partial charge in [0.1, 0.15) is 12.6 Å². The van der Waals surface area contributed by atoms with Crippen molar-refractivity contribution >= 4 is 46.6 Å². The lowest BCUT2D eigenvalue weighted by Gasteiger charge is -2.22. The van der Waals surface area contributed by atoms with Gasteiger partial charge in [0.05, 0.1) is 6.42 Å². The van der Waals surface area contributed by atoms with Crippen LogP contribution in [0.5, 0.6) is 0 Å². The number of benzene rings is 2. The van der Waals surface area contributed by atoms with Crippen LogP contribution in [0.3, 0.4) is 0 Å². The molecule has 2 aliphatic rings. The standard InChI is InChI=1S/C26H26N6O4S/c1-16-8-10-18(11-9-16)27-22(33)14-20-25(35)32(19-12-13-19)26(37)31(20)15-21-24(36-29-30(21)2)28-23(34)17-6-4-3-5-7-17/h3-11,19-20H,12-15H2,1-2H3,(H-,27,28,29,33,34)/p+1. The van der Waals surface area contributed by atoms with E-state index < -0.39 is 6.04 Å². The van der Waals surface area contributed by atoms with E-state index in [0.717, 1.165) is 18.4 Å². The zero-order chi connectivity index (χ0) is 26.1. The Morgan fingerprint density at radius 3 is 2.49 bits per heavy atom. The summed E-state index contributed by atoms with van der Waals surface area (Å²) in [5.41, 5.74) is 2.72. The van der Waals surface area contributed by atoms with Gasteiger partial charge in [-0.05, 0) is 60.9 Å². The Morgan fingerprint density at radius 1 is 1.11 bits per heavy atom. The zero-order valence-corrected chi connectivity index (χ0v) is 21.3. The van der Waals surface area contributed by atoms with Crippen LogP contribution < -0.4 is 15.3 Å². The Kier molecular flexibility index (Phi) is 6.70. The number of anilines is 2. The third kappa shape index (κ3) is 5.21. The van der Waals surface area contributed by atoms with Crippen LogP contribution in [0.25, 0.3) is 0 Å². The van der Waals surface area contributed by atoms with Gasteiger partial charge in [-0.25, -0.2) is 0 Å². The van der Waals surface area contributed by atoms with Gasteiger partial charge in [0.2, 0.25) is 11.2 Å². The smallest absolute Gasteiger partial charge is 0.307 e. The lowest BCUT2D eigenvalue weighted by Crippen LogP contribution is -2.43. The molecule has 1 aliphatic carbocycles. The number of carbonyl (C=O) groups excluding carboxylic acids is 3. The topological polar surface area (TPSA) is 112 Å². The molecule has 1 unspecified atom stereocenters. The Bertz CT molecular complexity index is 1350. The summed E-state index contributed by atoms with van der Waals surface area (Å²) in [7, 11) is 1.68. The second kappa shape index (κ2) is 10.1. The molecule has 1 atom stereocenters. The summed E-state index contributed by atoms with van der Waals surface area (Å²) in [6.45, 7) is 2.09. The van der Waals surface area contributed by atoms with Crippen LogP contribution in [-0.2, 0) is 23.2 Å². The van der Waals surface area contributed by atoms with Crippen molar-refractivity contribution in [1.29, 1.82) is 0 Å². The summed E-state index contributed by atoms with van der Waals surface area (Å²) < 4.78 is 6.87. The zero-order valence-electron chi connectivity index (χ0n) is 20.5. The lowest BCUT2D eigenvalue weighted by molar-refractivity contribution is -0.746. The number of hydrogen-bond acceptors (Lipinski definition) is 6. The highest BCUT2D eigenvalue weighted by Crippen LogP contribution is 2.35. The van der Waals surface area contributed by atoms with Gasteiger partial charge >= 0.3 is 5.88 Å². The van der Waals surface area contributed by atoms with Gasteiger partial charge in [-0.1, -0.05) is 35.9 Å². The van der Waals surface area contributed by atoms with Crippen molar-refractivity contribution in [2.75, 3.05) is 10.6 Å². The van der Waals surface area contributed by atoms with Crippen molar-refractivity contribution in [2.45, 2.75) is 44.8 Å². The molecular formula is C26H27N6O4S+. The maximum atomic E-state index is 13.4. The van der Waals surface area contributed by atoms with Crippen LogP contribution in [0, 0.1) is 6.92 Å². The molecular weight excluding hydrogens is 492 g/mol. The van der Waals surface area contributed by atoms with E-state index >= 15 is 0 Å². The molecule has 2 N–H and O–H groups in total. The molecule has 3 amide bonds. The maximum Gasteiger partial charge on any atom is 0.307 e. The number of hydrogen-bond donors (Lipinski definition) is 2. The molecule has 2 heterocycles. The molecule has 11 heteroatoms. The fraction of sp³-hybridized carbons (Fsp3) is 0.308. The molecule has 10 nitrogen and oxygen atoms in total. The van der Waals surface area contributed by atoms with E-state index in [1.54, 1.807) is 41.1 Å². The normalized spacial score (nSPS) is 17.3. The Hall–Kier alpha value is -4.12. The van der Waals surface area contributed by atoms with Gasteiger partial charge in [-0.3, -0.25) is 29.1 Å². The number of aromatic nitrogens is 2. The minimum atomic E-state index is -0.786. The maximum absolute atomic E-state index is 13.4. The highest BCUT2D eigenvalue weighted by atomic mass is 32.1. The molecule has 1 saturated heterocycles. The molecule has 1 saturated carbocycles. The molecule has 5 rings (SSSR count). The molecule has 3 aromatic rings. The van der Waals surface area contributed by atoms with Crippen LogP contribution in [0.2, 0.25) is 0 Å². The summed E-state index contributed by atoms with van der Waals surface area (Å²) in [4.78, 5) is 42.4. The van der Waals surface area contributed by atoms with Gasteiger partial charge in [0, 0.05) is 17.3 Å². The average Bonchev–Trinajstić information content (AvgIpc) is 3.62. The van der Waals surface area contributed by atoms with Gasteiger partial charge in [-0.15, -0.1) is 0 Å². The van der Waals surface area contributed by atoms with Gasteiger partial charge in [0.25, 0.3) is 17.5 Å². The predicted octanol–water partition coefficient (Wildman–Crippen LogP) is 2.55. The van der Waals surface area contributed by atoms with Crippen molar-refractivity contribution < 1.29 is 23.6 Å². The highest BCUT2D eigenvalue weighted by molar-refractivity contribution is 7.80. The number of carbonyl (C=O) groups is 3.